The molecule has 0 saturated carbocycles. The molecule has 1 heterocycles. The maximum Gasteiger partial charge on any atom is 0.128 e. The second-order valence-corrected chi connectivity index (χ2v) is 6.72. The fourth-order valence-corrected chi connectivity index (χ4v) is 4.38. The minimum absolute atomic E-state index is 0.0366. The lowest BCUT2D eigenvalue weighted by Gasteiger charge is -2.16. The highest BCUT2D eigenvalue weighted by Gasteiger charge is 2.21. The average Bonchev–Trinajstić information content (AvgIpc) is 2.87. The van der Waals surface area contributed by atoms with E-state index < -0.39 is 0 Å². The zero-order chi connectivity index (χ0) is 14.1. The summed E-state index contributed by atoms with van der Waals surface area (Å²) in [5.74, 6) is -0.124. The number of thiophene rings is 1. The van der Waals surface area contributed by atoms with Crippen molar-refractivity contribution in [3.05, 3.63) is 56.5 Å². The van der Waals surface area contributed by atoms with E-state index in [1.54, 1.807) is 6.07 Å². The van der Waals surface area contributed by atoms with Crippen LogP contribution in [0.3, 0.4) is 0 Å². The Bertz CT molecular complexity index is 594. The number of benzene rings is 1. The monoisotopic (exact) mass is 289 g/mol. The Balaban J connectivity index is 2.01. The van der Waals surface area contributed by atoms with Gasteiger partial charge >= 0.3 is 0 Å². The van der Waals surface area contributed by atoms with Gasteiger partial charge in [-0.25, -0.2) is 4.39 Å². The van der Waals surface area contributed by atoms with Crippen molar-refractivity contribution in [3.8, 4) is 0 Å². The molecule has 1 unspecified atom stereocenters. The van der Waals surface area contributed by atoms with Crippen LogP contribution in [0.1, 0.15) is 45.3 Å². The first kappa shape index (κ1) is 13.8. The van der Waals surface area contributed by atoms with E-state index >= 15 is 0 Å². The summed E-state index contributed by atoms with van der Waals surface area (Å²) < 4.78 is 14.1. The standard InChI is InChI=1S/C17H20FNS/c1-11-7-8-14(18)13(9-11)17(19-2)16-10-12-5-3-4-6-15(12)20-16/h7-10,17,19H,3-6H2,1-2H3. The fraction of sp³-hybridized carbons (Fsp3) is 0.412. The van der Waals surface area contributed by atoms with Crippen molar-refractivity contribution in [2.45, 2.75) is 38.6 Å². The van der Waals surface area contributed by atoms with E-state index in [0.29, 0.717) is 0 Å². The quantitative estimate of drug-likeness (QED) is 0.884. The maximum atomic E-state index is 14.1. The van der Waals surface area contributed by atoms with Gasteiger partial charge < -0.3 is 5.32 Å². The van der Waals surface area contributed by atoms with Gasteiger partial charge in [-0.05, 0) is 57.4 Å². The lowest BCUT2D eigenvalue weighted by molar-refractivity contribution is 0.578. The number of nitrogens with one attached hydrogen (secondary N) is 1. The molecule has 1 aromatic heterocycles. The minimum Gasteiger partial charge on any atom is -0.309 e. The van der Waals surface area contributed by atoms with Crippen molar-refractivity contribution < 1.29 is 4.39 Å². The average molecular weight is 289 g/mol. The molecule has 0 aliphatic heterocycles. The summed E-state index contributed by atoms with van der Waals surface area (Å²) in [5.41, 5.74) is 3.33. The molecular formula is C17H20FNS. The van der Waals surface area contributed by atoms with Crippen molar-refractivity contribution in [1.82, 2.24) is 5.32 Å². The van der Waals surface area contributed by atoms with Gasteiger partial charge in [0.2, 0.25) is 0 Å². The zero-order valence-corrected chi connectivity index (χ0v) is 12.8. The summed E-state index contributed by atoms with van der Waals surface area (Å²) in [7, 11) is 1.91. The van der Waals surface area contributed by atoms with Crippen LogP contribution in [0.4, 0.5) is 4.39 Å². The molecule has 1 aromatic carbocycles. The summed E-state index contributed by atoms with van der Waals surface area (Å²) in [5, 5.41) is 3.28. The third kappa shape index (κ3) is 2.52. The van der Waals surface area contributed by atoms with Gasteiger partial charge in [0.15, 0.2) is 0 Å². The van der Waals surface area contributed by atoms with E-state index in [-0.39, 0.29) is 11.9 Å². The molecule has 1 nitrogen and oxygen atoms in total. The Labute approximate surface area is 123 Å². The molecule has 106 valence electrons. The fourth-order valence-electron chi connectivity index (χ4n) is 2.99. The molecule has 1 aliphatic rings. The van der Waals surface area contributed by atoms with E-state index in [1.165, 1.54) is 41.0 Å². The van der Waals surface area contributed by atoms with E-state index in [2.05, 4.69) is 11.4 Å². The van der Waals surface area contributed by atoms with Crippen molar-refractivity contribution >= 4 is 11.3 Å². The Morgan fingerprint density at radius 1 is 1.20 bits per heavy atom. The Hall–Kier alpha value is -1.19. The summed E-state index contributed by atoms with van der Waals surface area (Å²) in [6.45, 7) is 2.01. The predicted octanol–water partition coefficient (Wildman–Crippen LogP) is 4.38. The van der Waals surface area contributed by atoms with E-state index in [9.17, 15) is 4.39 Å². The normalized spacial score (nSPS) is 15.9. The van der Waals surface area contributed by atoms with Crippen LogP contribution >= 0.6 is 11.3 Å². The van der Waals surface area contributed by atoms with Gasteiger partial charge in [0, 0.05) is 15.3 Å². The van der Waals surface area contributed by atoms with E-state index in [0.717, 1.165) is 11.1 Å². The van der Waals surface area contributed by atoms with Crippen LogP contribution in [0, 0.1) is 12.7 Å². The molecule has 1 atom stereocenters. The summed E-state index contributed by atoms with van der Waals surface area (Å²) in [6, 6.07) is 7.59. The molecule has 0 spiro atoms. The minimum atomic E-state index is -0.124. The van der Waals surface area contributed by atoms with Crippen LogP contribution in [0.15, 0.2) is 24.3 Å². The molecule has 1 N–H and O–H groups in total. The lowest BCUT2D eigenvalue weighted by Crippen LogP contribution is -2.18. The third-order valence-corrected chi connectivity index (χ3v) is 5.35. The number of hydrogen-bond donors (Lipinski definition) is 1. The highest BCUT2D eigenvalue weighted by molar-refractivity contribution is 7.12. The van der Waals surface area contributed by atoms with E-state index in [4.69, 9.17) is 0 Å². The molecule has 1 aliphatic carbocycles. The molecular weight excluding hydrogens is 269 g/mol. The summed E-state index contributed by atoms with van der Waals surface area (Å²) in [6.07, 6.45) is 4.94. The van der Waals surface area contributed by atoms with Crippen LogP contribution in [0.25, 0.3) is 0 Å². The van der Waals surface area contributed by atoms with Crippen molar-refractivity contribution in [2.24, 2.45) is 0 Å². The first-order valence-electron chi connectivity index (χ1n) is 7.24. The maximum absolute atomic E-state index is 14.1. The van der Waals surface area contributed by atoms with E-state index in [1.807, 2.05) is 37.4 Å². The SMILES string of the molecule is CNC(c1cc2c(s1)CCCC2)c1cc(C)ccc1F. The molecule has 0 fully saturated rings. The Kier molecular flexibility index (Phi) is 3.90. The van der Waals surface area contributed by atoms with Crippen LogP contribution in [-0.4, -0.2) is 7.05 Å². The van der Waals surface area contributed by atoms with Crippen LogP contribution in [0.2, 0.25) is 0 Å². The lowest BCUT2D eigenvalue weighted by atomic mass is 9.97. The molecule has 0 saturated heterocycles. The van der Waals surface area contributed by atoms with Gasteiger partial charge in [-0.2, -0.15) is 0 Å². The predicted molar refractivity (Wildman–Crippen MR) is 83.0 cm³/mol. The third-order valence-electron chi connectivity index (χ3n) is 4.05. The van der Waals surface area contributed by atoms with Gasteiger partial charge in [-0.1, -0.05) is 17.7 Å². The molecule has 20 heavy (non-hydrogen) atoms. The highest BCUT2D eigenvalue weighted by Crippen LogP contribution is 2.36. The highest BCUT2D eigenvalue weighted by atomic mass is 32.1. The number of rotatable bonds is 3. The topological polar surface area (TPSA) is 12.0 Å². The second-order valence-electron chi connectivity index (χ2n) is 5.55. The van der Waals surface area contributed by atoms with Crippen LogP contribution < -0.4 is 5.32 Å². The number of halogens is 1. The summed E-state index contributed by atoms with van der Waals surface area (Å²) in [4.78, 5) is 2.74. The first-order chi connectivity index (χ1) is 9.69. The van der Waals surface area contributed by atoms with Crippen LogP contribution in [-0.2, 0) is 12.8 Å². The molecule has 0 amide bonds. The largest absolute Gasteiger partial charge is 0.309 e. The summed E-state index contributed by atoms with van der Waals surface area (Å²) >= 11 is 1.85. The second kappa shape index (κ2) is 5.66. The smallest absolute Gasteiger partial charge is 0.128 e. The number of aryl methyl sites for hydroxylation is 3. The molecule has 2 aromatic rings. The first-order valence-corrected chi connectivity index (χ1v) is 8.05. The number of hydrogen-bond acceptors (Lipinski definition) is 2. The van der Waals surface area contributed by atoms with Gasteiger partial charge in [-0.15, -0.1) is 11.3 Å². The Morgan fingerprint density at radius 2 is 2.00 bits per heavy atom. The van der Waals surface area contributed by atoms with Crippen molar-refractivity contribution in [1.29, 1.82) is 0 Å². The van der Waals surface area contributed by atoms with Crippen molar-refractivity contribution in [2.75, 3.05) is 7.05 Å². The van der Waals surface area contributed by atoms with Crippen LogP contribution in [0.5, 0.6) is 0 Å². The van der Waals surface area contributed by atoms with Gasteiger partial charge in [-0.3, -0.25) is 0 Å². The molecule has 0 radical (unpaired) electrons. The van der Waals surface area contributed by atoms with Crippen molar-refractivity contribution in [3.63, 3.8) is 0 Å². The number of fused-ring (bicyclic) bond motifs is 1. The molecule has 0 bridgehead atoms. The Morgan fingerprint density at radius 3 is 2.75 bits per heavy atom. The van der Waals surface area contributed by atoms with Gasteiger partial charge in [0.05, 0.1) is 6.04 Å². The zero-order valence-electron chi connectivity index (χ0n) is 12.0. The molecule has 3 heteroatoms. The van der Waals surface area contributed by atoms with Gasteiger partial charge in [0.25, 0.3) is 0 Å². The van der Waals surface area contributed by atoms with Gasteiger partial charge in [0.1, 0.15) is 5.82 Å². The molecule has 3 rings (SSSR count).